The minimum absolute atomic E-state index is 0.0551. The van der Waals surface area contributed by atoms with E-state index in [1.165, 1.54) is 24.1 Å². The highest BCUT2D eigenvalue weighted by Gasteiger charge is 2.32. The number of benzene rings is 1. The number of ether oxygens (including phenoxy) is 1. The summed E-state index contributed by atoms with van der Waals surface area (Å²) in [5, 5.41) is 0.768. The van der Waals surface area contributed by atoms with Gasteiger partial charge in [-0.15, -0.1) is 0 Å². The van der Waals surface area contributed by atoms with E-state index in [-0.39, 0.29) is 17.5 Å². The lowest BCUT2D eigenvalue weighted by molar-refractivity contribution is -0.148. The average Bonchev–Trinajstić information content (AvgIpc) is 2.92. The Morgan fingerprint density at radius 1 is 1.32 bits per heavy atom. The third-order valence-corrected chi connectivity index (χ3v) is 6.33. The van der Waals surface area contributed by atoms with Crippen LogP contribution in [0.25, 0.3) is 6.08 Å². The number of hydrogen-bond acceptors (Lipinski definition) is 5. The maximum absolute atomic E-state index is 12.0. The molecule has 1 aliphatic rings. The summed E-state index contributed by atoms with van der Waals surface area (Å²) in [5.74, 6) is -1.12. The predicted octanol–water partition coefficient (Wildman–Crippen LogP) is 2.20. The molecule has 0 radical (unpaired) electrons. The Morgan fingerprint density at radius 3 is 2.64 bits per heavy atom. The van der Waals surface area contributed by atoms with Gasteiger partial charge in [-0.2, -0.15) is 0 Å². The van der Waals surface area contributed by atoms with Crippen molar-refractivity contribution in [2.45, 2.75) is 12.5 Å². The first kappa shape index (κ1) is 19.8. The summed E-state index contributed by atoms with van der Waals surface area (Å²) < 4.78 is 27.8. The number of nitrogens with zero attached hydrogens (tertiary/aromatic N) is 1. The number of halogens is 2. The summed E-state index contributed by atoms with van der Waals surface area (Å²) in [6, 6.07) is 4.50. The van der Waals surface area contributed by atoms with Crippen molar-refractivity contribution in [1.82, 2.24) is 4.90 Å². The van der Waals surface area contributed by atoms with Gasteiger partial charge < -0.3 is 9.64 Å². The molecule has 0 aromatic heterocycles. The molecule has 6 nitrogen and oxygen atoms in total. The van der Waals surface area contributed by atoms with E-state index < -0.39 is 28.3 Å². The van der Waals surface area contributed by atoms with E-state index in [9.17, 15) is 18.0 Å². The monoisotopic (exact) mass is 405 g/mol. The summed E-state index contributed by atoms with van der Waals surface area (Å²) in [4.78, 5) is 25.0. The second-order valence-corrected chi connectivity index (χ2v) is 8.72. The third-order valence-electron chi connectivity index (χ3n) is 3.84. The molecule has 0 bridgehead atoms. The molecule has 1 heterocycles. The van der Waals surface area contributed by atoms with Crippen LogP contribution in [0.4, 0.5) is 0 Å². The van der Waals surface area contributed by atoms with Crippen LogP contribution in [0.1, 0.15) is 12.0 Å². The summed E-state index contributed by atoms with van der Waals surface area (Å²) in [6.07, 6.45) is 3.06. The lowest BCUT2D eigenvalue weighted by atomic mass is 10.2. The summed E-state index contributed by atoms with van der Waals surface area (Å²) in [6.45, 7) is -0.447. The molecule has 136 valence electrons. The zero-order valence-corrected chi connectivity index (χ0v) is 15.8. The molecule has 25 heavy (non-hydrogen) atoms. The molecule has 0 saturated carbocycles. The van der Waals surface area contributed by atoms with Crippen LogP contribution in [0.2, 0.25) is 10.0 Å². The standard InChI is InChI=1S/C16H17Cl2NO5S/c1-19(12-6-7-25(22,23)10-12)15(20)9-24-16(21)5-3-11-2-4-13(17)14(18)8-11/h2-5,8,12H,6-7,9-10H2,1H3/b5-3+/t12-/m1/s1. The van der Waals surface area contributed by atoms with E-state index in [0.29, 0.717) is 22.0 Å². The van der Waals surface area contributed by atoms with E-state index in [1.807, 2.05) is 0 Å². The largest absolute Gasteiger partial charge is 0.452 e. The summed E-state index contributed by atoms with van der Waals surface area (Å²) in [5.41, 5.74) is 0.658. The van der Waals surface area contributed by atoms with Crippen LogP contribution < -0.4 is 0 Å². The maximum atomic E-state index is 12.0. The van der Waals surface area contributed by atoms with Crippen LogP contribution in [0.5, 0.6) is 0 Å². The van der Waals surface area contributed by atoms with Gasteiger partial charge in [0.25, 0.3) is 5.91 Å². The highest BCUT2D eigenvalue weighted by Crippen LogP contribution is 2.23. The topological polar surface area (TPSA) is 80.8 Å². The average molecular weight is 406 g/mol. The van der Waals surface area contributed by atoms with Crippen LogP contribution in [0.15, 0.2) is 24.3 Å². The number of carbonyl (C=O) groups is 2. The van der Waals surface area contributed by atoms with E-state index in [4.69, 9.17) is 27.9 Å². The van der Waals surface area contributed by atoms with Gasteiger partial charge in [-0.1, -0.05) is 29.3 Å². The second-order valence-electron chi connectivity index (χ2n) is 5.68. The highest BCUT2D eigenvalue weighted by molar-refractivity contribution is 7.91. The van der Waals surface area contributed by atoms with Crippen molar-refractivity contribution in [1.29, 1.82) is 0 Å². The number of amides is 1. The lowest BCUT2D eigenvalue weighted by Gasteiger charge is -2.22. The van der Waals surface area contributed by atoms with Crippen molar-refractivity contribution < 1.29 is 22.7 Å². The number of likely N-dealkylation sites (N-methyl/N-ethyl adjacent to an activating group) is 1. The van der Waals surface area contributed by atoms with E-state index in [2.05, 4.69) is 0 Å². The first-order valence-electron chi connectivity index (χ1n) is 7.44. The molecule has 1 amide bonds. The number of carbonyl (C=O) groups excluding carboxylic acids is 2. The fraction of sp³-hybridized carbons (Fsp3) is 0.375. The molecule has 0 aliphatic carbocycles. The quantitative estimate of drug-likeness (QED) is 0.553. The Kier molecular flexibility index (Phi) is 6.48. The van der Waals surface area contributed by atoms with Crippen molar-refractivity contribution >= 4 is 51.0 Å². The van der Waals surface area contributed by atoms with Gasteiger partial charge in [-0.25, -0.2) is 13.2 Å². The van der Waals surface area contributed by atoms with Crippen LogP contribution in [-0.2, 0) is 24.2 Å². The Labute approximate surface area is 156 Å². The molecule has 1 aromatic carbocycles. The third kappa shape index (κ3) is 5.73. The number of rotatable bonds is 5. The van der Waals surface area contributed by atoms with Crippen molar-refractivity contribution in [3.05, 3.63) is 39.9 Å². The van der Waals surface area contributed by atoms with Crippen LogP contribution >= 0.6 is 23.2 Å². The van der Waals surface area contributed by atoms with Crippen LogP contribution in [0.3, 0.4) is 0 Å². The first-order chi connectivity index (χ1) is 11.7. The number of sulfone groups is 1. The molecule has 0 N–H and O–H groups in total. The molecule has 1 saturated heterocycles. The minimum Gasteiger partial charge on any atom is -0.452 e. The van der Waals surface area contributed by atoms with Gasteiger partial charge in [-0.3, -0.25) is 4.79 Å². The van der Waals surface area contributed by atoms with Gasteiger partial charge in [0.1, 0.15) is 0 Å². The van der Waals surface area contributed by atoms with Gasteiger partial charge in [0.05, 0.1) is 21.6 Å². The fourth-order valence-corrected chi connectivity index (χ4v) is 4.43. The van der Waals surface area contributed by atoms with E-state index >= 15 is 0 Å². The Hall–Kier alpha value is -1.57. The Bertz CT molecular complexity index is 807. The van der Waals surface area contributed by atoms with Crippen molar-refractivity contribution in [3.63, 3.8) is 0 Å². The maximum Gasteiger partial charge on any atom is 0.331 e. The van der Waals surface area contributed by atoms with Crippen LogP contribution in [0, 0.1) is 0 Å². The molecule has 1 atom stereocenters. The summed E-state index contributed by atoms with van der Waals surface area (Å²) in [7, 11) is -1.58. The van der Waals surface area contributed by atoms with Gasteiger partial charge in [0.2, 0.25) is 0 Å². The minimum atomic E-state index is -3.08. The first-order valence-corrected chi connectivity index (χ1v) is 10.0. The molecule has 1 fully saturated rings. The number of esters is 1. The van der Waals surface area contributed by atoms with Crippen molar-refractivity contribution in [2.75, 3.05) is 25.2 Å². The van der Waals surface area contributed by atoms with Crippen molar-refractivity contribution in [2.24, 2.45) is 0 Å². The van der Waals surface area contributed by atoms with E-state index in [0.717, 1.165) is 0 Å². The van der Waals surface area contributed by atoms with Gasteiger partial charge in [0.15, 0.2) is 16.4 Å². The zero-order chi connectivity index (χ0) is 18.6. The van der Waals surface area contributed by atoms with Gasteiger partial charge in [-0.05, 0) is 30.2 Å². The van der Waals surface area contributed by atoms with E-state index in [1.54, 1.807) is 18.2 Å². The molecule has 1 aliphatic heterocycles. The number of hydrogen-bond donors (Lipinski definition) is 0. The highest BCUT2D eigenvalue weighted by atomic mass is 35.5. The molecule has 0 unspecified atom stereocenters. The molecule has 2 rings (SSSR count). The van der Waals surface area contributed by atoms with Gasteiger partial charge >= 0.3 is 5.97 Å². The summed E-state index contributed by atoms with van der Waals surface area (Å²) >= 11 is 11.7. The Balaban J connectivity index is 1.83. The van der Waals surface area contributed by atoms with Crippen LogP contribution in [-0.4, -0.2) is 56.4 Å². The molecular weight excluding hydrogens is 389 g/mol. The van der Waals surface area contributed by atoms with Gasteiger partial charge in [0, 0.05) is 19.2 Å². The zero-order valence-electron chi connectivity index (χ0n) is 13.4. The SMILES string of the molecule is CN(C(=O)COC(=O)/C=C/c1ccc(Cl)c(Cl)c1)[C@@H]1CCS(=O)(=O)C1. The smallest absolute Gasteiger partial charge is 0.331 e. The predicted molar refractivity (Wildman–Crippen MR) is 96.3 cm³/mol. The molecular formula is C16H17Cl2NO5S. The molecule has 9 heteroatoms. The fourth-order valence-electron chi connectivity index (χ4n) is 2.35. The van der Waals surface area contributed by atoms with Crippen molar-refractivity contribution in [3.8, 4) is 0 Å². The molecule has 1 aromatic rings. The normalized spacial score (nSPS) is 19.1. The molecule has 0 spiro atoms. The lowest BCUT2D eigenvalue weighted by Crippen LogP contribution is -2.40. The second kappa shape index (κ2) is 8.21. The Morgan fingerprint density at radius 2 is 2.04 bits per heavy atom.